The Morgan fingerprint density at radius 2 is 2.31 bits per heavy atom. The molecule has 13 heavy (non-hydrogen) atoms. The van der Waals surface area contributed by atoms with E-state index in [1.165, 1.54) is 4.90 Å². The smallest absolute Gasteiger partial charge is 0.184 e. The highest BCUT2D eigenvalue weighted by atomic mass is 35.5. The predicted octanol–water partition coefficient (Wildman–Crippen LogP) is 2.60. The zero-order chi connectivity index (χ0) is 9.68. The molecule has 4 heteroatoms. The molecule has 68 valence electrons. The summed E-state index contributed by atoms with van der Waals surface area (Å²) in [5, 5.41) is 9.21. The van der Waals surface area contributed by atoms with Gasteiger partial charge >= 0.3 is 0 Å². The van der Waals surface area contributed by atoms with Crippen LogP contribution < -0.4 is 4.90 Å². The van der Waals surface area contributed by atoms with E-state index in [4.69, 9.17) is 16.9 Å². The van der Waals surface area contributed by atoms with E-state index in [-0.39, 0.29) is 6.54 Å². The summed E-state index contributed by atoms with van der Waals surface area (Å²) in [4.78, 5) is 1.26. The third-order valence-electron chi connectivity index (χ3n) is 1.55. The van der Waals surface area contributed by atoms with Crippen molar-refractivity contribution in [1.29, 1.82) is 5.26 Å². The Morgan fingerprint density at radius 3 is 2.85 bits per heavy atom. The maximum absolute atomic E-state index is 12.0. The third-order valence-corrected chi connectivity index (χ3v) is 1.78. The van der Waals surface area contributed by atoms with Gasteiger partial charge in [0.1, 0.15) is 6.67 Å². The summed E-state index contributed by atoms with van der Waals surface area (Å²) in [5.41, 5.74) is 0.618. The molecule has 0 amide bonds. The Balaban J connectivity index is 2.86. The summed E-state index contributed by atoms with van der Waals surface area (Å²) >= 11 is 5.72. The fourth-order valence-electron chi connectivity index (χ4n) is 0.965. The quantitative estimate of drug-likeness (QED) is 0.552. The first-order valence-corrected chi connectivity index (χ1v) is 4.14. The second-order valence-electron chi connectivity index (χ2n) is 2.42. The van der Waals surface area contributed by atoms with Crippen LogP contribution in [0.2, 0.25) is 5.02 Å². The van der Waals surface area contributed by atoms with Crippen LogP contribution in [0.15, 0.2) is 24.3 Å². The van der Waals surface area contributed by atoms with Gasteiger partial charge in [0.2, 0.25) is 0 Å². The van der Waals surface area contributed by atoms with E-state index in [0.29, 0.717) is 10.7 Å². The van der Waals surface area contributed by atoms with Gasteiger partial charge in [0.25, 0.3) is 0 Å². The van der Waals surface area contributed by atoms with Crippen molar-refractivity contribution >= 4 is 17.3 Å². The lowest BCUT2D eigenvalue weighted by molar-refractivity contribution is 0.501. The van der Waals surface area contributed by atoms with Crippen LogP contribution in [0.3, 0.4) is 0 Å². The van der Waals surface area contributed by atoms with Crippen LogP contribution in [0.4, 0.5) is 10.1 Å². The van der Waals surface area contributed by atoms with Gasteiger partial charge in [-0.2, -0.15) is 5.26 Å². The number of anilines is 1. The number of nitrogens with zero attached hydrogens (tertiary/aromatic N) is 2. The van der Waals surface area contributed by atoms with Crippen LogP contribution in [0.25, 0.3) is 0 Å². The normalized spacial score (nSPS) is 9.31. The van der Waals surface area contributed by atoms with Crippen LogP contribution in [0, 0.1) is 11.5 Å². The molecular weight excluding hydrogens is 191 g/mol. The molecule has 2 nitrogen and oxygen atoms in total. The first kappa shape index (κ1) is 9.82. The molecule has 0 fully saturated rings. The van der Waals surface area contributed by atoms with Crippen LogP contribution >= 0.6 is 11.6 Å². The van der Waals surface area contributed by atoms with Crippen molar-refractivity contribution in [1.82, 2.24) is 0 Å². The van der Waals surface area contributed by atoms with Crippen molar-refractivity contribution in [2.24, 2.45) is 0 Å². The second-order valence-corrected chi connectivity index (χ2v) is 2.86. The molecule has 1 aromatic carbocycles. The van der Waals surface area contributed by atoms with E-state index in [9.17, 15) is 4.39 Å². The number of alkyl halides is 1. The number of hydrogen-bond donors (Lipinski definition) is 0. The summed E-state index contributed by atoms with van der Waals surface area (Å²) < 4.78 is 12.0. The summed E-state index contributed by atoms with van der Waals surface area (Å²) in [7, 11) is 0. The van der Waals surface area contributed by atoms with Crippen molar-refractivity contribution in [3.63, 3.8) is 0 Å². The van der Waals surface area contributed by atoms with E-state index < -0.39 is 6.67 Å². The van der Waals surface area contributed by atoms with Crippen molar-refractivity contribution in [3.05, 3.63) is 29.3 Å². The largest absolute Gasteiger partial charge is 0.277 e. The van der Waals surface area contributed by atoms with Gasteiger partial charge in [-0.15, -0.1) is 0 Å². The minimum absolute atomic E-state index is 0.0663. The number of benzene rings is 1. The van der Waals surface area contributed by atoms with Crippen molar-refractivity contribution < 1.29 is 4.39 Å². The lowest BCUT2D eigenvalue weighted by Gasteiger charge is -2.13. The summed E-state index contributed by atoms with van der Waals surface area (Å²) in [6, 6.07) is 6.77. The Kier molecular flexibility index (Phi) is 3.53. The molecule has 0 saturated heterocycles. The Bertz CT molecular complexity index is 322. The van der Waals surface area contributed by atoms with E-state index in [1.54, 1.807) is 24.3 Å². The second kappa shape index (κ2) is 4.68. The molecule has 0 spiro atoms. The molecule has 0 aliphatic carbocycles. The summed E-state index contributed by atoms with van der Waals surface area (Å²) in [6.07, 6.45) is 1.88. The monoisotopic (exact) mass is 198 g/mol. The lowest BCUT2D eigenvalue weighted by atomic mass is 10.3. The molecule has 0 unspecified atom stereocenters. The summed E-state index contributed by atoms with van der Waals surface area (Å²) in [5.74, 6) is 0. The molecule has 0 N–H and O–H groups in total. The molecular formula is C9H8ClFN2. The number of halogens is 2. The molecule has 0 atom stereocenters. The zero-order valence-electron chi connectivity index (χ0n) is 6.87. The molecule has 0 aliphatic rings. The first-order chi connectivity index (χ1) is 6.27. The van der Waals surface area contributed by atoms with Crippen LogP contribution in [-0.2, 0) is 0 Å². The summed E-state index contributed by atoms with van der Waals surface area (Å²) in [6.45, 7) is -0.489. The molecule has 0 aliphatic heterocycles. The van der Waals surface area contributed by atoms with Gasteiger partial charge < -0.3 is 0 Å². The van der Waals surface area contributed by atoms with Gasteiger partial charge in [-0.25, -0.2) is 4.39 Å². The molecule has 0 aromatic heterocycles. The highest BCUT2D eigenvalue weighted by molar-refractivity contribution is 6.30. The minimum Gasteiger partial charge on any atom is -0.277 e. The van der Waals surface area contributed by atoms with E-state index in [1.807, 2.05) is 6.19 Å². The Labute approximate surface area is 81.1 Å². The SMILES string of the molecule is N#CN(CCF)c1cccc(Cl)c1. The standard InChI is InChI=1S/C9H8ClFN2/c10-8-2-1-3-9(6-8)13(7-12)5-4-11/h1-3,6H,4-5H2. The number of rotatable bonds is 3. The van der Waals surface area contributed by atoms with Crippen molar-refractivity contribution in [2.45, 2.75) is 0 Å². The van der Waals surface area contributed by atoms with Crippen molar-refractivity contribution in [3.8, 4) is 6.19 Å². The Hall–Kier alpha value is -1.27. The highest BCUT2D eigenvalue weighted by Gasteiger charge is 2.04. The maximum atomic E-state index is 12.0. The van der Waals surface area contributed by atoms with E-state index in [0.717, 1.165) is 0 Å². The van der Waals surface area contributed by atoms with Gasteiger partial charge in [-0.3, -0.25) is 4.90 Å². The number of hydrogen-bond acceptors (Lipinski definition) is 2. The molecule has 1 rings (SSSR count). The van der Waals surface area contributed by atoms with Crippen LogP contribution in [0.5, 0.6) is 0 Å². The lowest BCUT2D eigenvalue weighted by Crippen LogP contribution is -2.18. The van der Waals surface area contributed by atoms with Gasteiger partial charge in [0, 0.05) is 5.02 Å². The van der Waals surface area contributed by atoms with Gasteiger partial charge in [-0.05, 0) is 18.2 Å². The fourth-order valence-corrected chi connectivity index (χ4v) is 1.15. The molecule has 0 radical (unpaired) electrons. The average Bonchev–Trinajstić information content (AvgIpc) is 2.14. The minimum atomic E-state index is -0.555. The molecule has 1 aromatic rings. The van der Waals surface area contributed by atoms with Gasteiger partial charge in [-0.1, -0.05) is 17.7 Å². The van der Waals surface area contributed by atoms with Gasteiger partial charge in [0.05, 0.1) is 12.2 Å². The zero-order valence-corrected chi connectivity index (χ0v) is 7.63. The van der Waals surface area contributed by atoms with Crippen LogP contribution in [0.1, 0.15) is 0 Å². The first-order valence-electron chi connectivity index (χ1n) is 3.76. The highest BCUT2D eigenvalue weighted by Crippen LogP contribution is 2.18. The third kappa shape index (κ3) is 2.60. The van der Waals surface area contributed by atoms with Gasteiger partial charge in [0.15, 0.2) is 6.19 Å². The fraction of sp³-hybridized carbons (Fsp3) is 0.222. The van der Waals surface area contributed by atoms with Crippen LogP contribution in [-0.4, -0.2) is 13.2 Å². The van der Waals surface area contributed by atoms with Crippen molar-refractivity contribution in [2.75, 3.05) is 18.1 Å². The molecule has 0 bridgehead atoms. The van der Waals surface area contributed by atoms with E-state index in [2.05, 4.69) is 0 Å². The number of nitriles is 1. The Morgan fingerprint density at radius 1 is 1.54 bits per heavy atom. The maximum Gasteiger partial charge on any atom is 0.184 e. The molecule has 0 heterocycles. The average molecular weight is 199 g/mol. The molecule has 0 saturated carbocycles. The predicted molar refractivity (Wildman–Crippen MR) is 50.4 cm³/mol. The topological polar surface area (TPSA) is 27.0 Å². The van der Waals surface area contributed by atoms with E-state index >= 15 is 0 Å².